The van der Waals surface area contributed by atoms with E-state index in [9.17, 15) is 10.2 Å². The maximum absolute atomic E-state index is 9.93. The summed E-state index contributed by atoms with van der Waals surface area (Å²) in [5.41, 5.74) is 2.45. The molecule has 0 saturated heterocycles. The van der Waals surface area contributed by atoms with Gasteiger partial charge >= 0.3 is 0 Å². The smallest absolute Gasteiger partial charge is 0.167 e. The summed E-state index contributed by atoms with van der Waals surface area (Å²) in [5.74, 6) is 0.584. The van der Waals surface area contributed by atoms with Gasteiger partial charge in [0.15, 0.2) is 11.5 Å². The van der Waals surface area contributed by atoms with Gasteiger partial charge in [-0.25, -0.2) is 0 Å². The first kappa shape index (κ1) is 12.4. The lowest BCUT2D eigenvalue weighted by molar-refractivity contribution is 0.364. The van der Waals surface area contributed by atoms with E-state index in [1.54, 1.807) is 13.0 Å². The molecule has 0 aliphatic carbocycles. The van der Waals surface area contributed by atoms with Crippen molar-refractivity contribution in [2.24, 2.45) is 0 Å². The fourth-order valence-electron chi connectivity index (χ4n) is 1.57. The summed E-state index contributed by atoms with van der Waals surface area (Å²) >= 11 is 0. The van der Waals surface area contributed by atoms with Crippen LogP contribution in [-0.4, -0.2) is 17.3 Å². The van der Waals surface area contributed by atoms with E-state index in [0.717, 1.165) is 0 Å². The standard InChI is InChI=1S/C13H18O3/c1-8(2)5-6-10-7-11(14)13(16-4)9(3)12(10)15/h5,7,14-15H,6H2,1-4H3. The molecule has 3 heteroatoms. The summed E-state index contributed by atoms with van der Waals surface area (Å²) in [6.07, 6.45) is 2.60. The third-order valence-corrected chi connectivity index (χ3v) is 2.48. The van der Waals surface area contributed by atoms with Gasteiger partial charge in [0.05, 0.1) is 7.11 Å². The molecule has 1 aromatic carbocycles. The zero-order chi connectivity index (χ0) is 12.3. The Morgan fingerprint density at radius 3 is 2.50 bits per heavy atom. The van der Waals surface area contributed by atoms with Crippen molar-refractivity contribution in [1.82, 2.24) is 0 Å². The molecule has 0 spiro atoms. The van der Waals surface area contributed by atoms with Crippen molar-refractivity contribution in [3.8, 4) is 17.2 Å². The van der Waals surface area contributed by atoms with Crippen LogP contribution >= 0.6 is 0 Å². The normalized spacial score (nSPS) is 10.0. The average Bonchev–Trinajstić information content (AvgIpc) is 2.22. The minimum atomic E-state index is 0.0648. The van der Waals surface area contributed by atoms with Crippen molar-refractivity contribution < 1.29 is 14.9 Å². The molecule has 1 aromatic rings. The van der Waals surface area contributed by atoms with Crippen LogP contribution in [0.15, 0.2) is 17.7 Å². The van der Waals surface area contributed by atoms with Crippen molar-refractivity contribution in [3.05, 3.63) is 28.8 Å². The molecule has 0 bridgehead atoms. The maximum atomic E-state index is 9.93. The van der Waals surface area contributed by atoms with Crippen molar-refractivity contribution in [2.45, 2.75) is 27.2 Å². The molecule has 0 atom stereocenters. The Kier molecular flexibility index (Phi) is 3.82. The zero-order valence-electron chi connectivity index (χ0n) is 10.2. The second kappa shape index (κ2) is 4.92. The van der Waals surface area contributed by atoms with Gasteiger partial charge in [-0.1, -0.05) is 11.6 Å². The van der Waals surface area contributed by atoms with Gasteiger partial charge in [0.2, 0.25) is 0 Å². The highest BCUT2D eigenvalue weighted by atomic mass is 16.5. The highest BCUT2D eigenvalue weighted by Gasteiger charge is 2.13. The van der Waals surface area contributed by atoms with Gasteiger partial charge in [-0.05, 0) is 33.3 Å². The SMILES string of the molecule is COc1c(O)cc(CC=C(C)C)c(O)c1C. The van der Waals surface area contributed by atoms with Gasteiger partial charge in [0.25, 0.3) is 0 Å². The van der Waals surface area contributed by atoms with Gasteiger partial charge in [-0.3, -0.25) is 0 Å². The number of methoxy groups -OCH3 is 1. The lowest BCUT2D eigenvalue weighted by Crippen LogP contribution is -1.93. The largest absolute Gasteiger partial charge is 0.507 e. The van der Waals surface area contributed by atoms with E-state index < -0.39 is 0 Å². The highest BCUT2D eigenvalue weighted by molar-refractivity contribution is 5.56. The monoisotopic (exact) mass is 222 g/mol. The summed E-state index contributed by atoms with van der Waals surface area (Å²) in [6, 6.07) is 1.54. The van der Waals surface area contributed by atoms with Crippen LogP contribution in [0.5, 0.6) is 17.2 Å². The number of hydrogen-bond donors (Lipinski definition) is 2. The number of allylic oxidation sites excluding steroid dienone is 2. The summed E-state index contributed by atoms with van der Waals surface area (Å²) < 4.78 is 5.01. The van der Waals surface area contributed by atoms with Gasteiger partial charge in [-0.15, -0.1) is 0 Å². The molecule has 0 unspecified atom stereocenters. The lowest BCUT2D eigenvalue weighted by Gasteiger charge is -2.12. The van der Waals surface area contributed by atoms with E-state index in [2.05, 4.69) is 0 Å². The van der Waals surface area contributed by atoms with Crippen LogP contribution < -0.4 is 4.74 Å². The van der Waals surface area contributed by atoms with E-state index in [1.807, 2.05) is 19.9 Å². The first-order valence-electron chi connectivity index (χ1n) is 5.19. The van der Waals surface area contributed by atoms with E-state index in [-0.39, 0.29) is 11.5 Å². The third kappa shape index (κ3) is 2.48. The fourth-order valence-corrected chi connectivity index (χ4v) is 1.57. The van der Waals surface area contributed by atoms with Crippen molar-refractivity contribution in [3.63, 3.8) is 0 Å². The van der Waals surface area contributed by atoms with Crippen molar-refractivity contribution >= 4 is 0 Å². The summed E-state index contributed by atoms with van der Waals surface area (Å²) in [7, 11) is 1.47. The van der Waals surface area contributed by atoms with E-state index >= 15 is 0 Å². The van der Waals surface area contributed by atoms with Crippen molar-refractivity contribution in [1.29, 1.82) is 0 Å². The fraction of sp³-hybridized carbons (Fsp3) is 0.385. The van der Waals surface area contributed by atoms with Crippen LogP contribution in [-0.2, 0) is 6.42 Å². The van der Waals surface area contributed by atoms with Crippen LogP contribution in [0.1, 0.15) is 25.0 Å². The molecular weight excluding hydrogens is 204 g/mol. The minimum Gasteiger partial charge on any atom is -0.507 e. The molecule has 0 radical (unpaired) electrons. The van der Waals surface area contributed by atoms with Gasteiger partial charge in [-0.2, -0.15) is 0 Å². The van der Waals surface area contributed by atoms with Gasteiger partial charge in [0.1, 0.15) is 5.75 Å². The number of hydrogen-bond acceptors (Lipinski definition) is 3. The Bertz CT molecular complexity index is 416. The molecule has 0 fully saturated rings. The van der Waals surface area contributed by atoms with Crippen molar-refractivity contribution in [2.75, 3.05) is 7.11 Å². The topological polar surface area (TPSA) is 49.7 Å². The van der Waals surface area contributed by atoms with E-state index in [0.29, 0.717) is 23.3 Å². The molecule has 1 rings (SSSR count). The molecule has 3 nitrogen and oxygen atoms in total. The molecule has 2 N–H and O–H groups in total. The molecule has 0 aliphatic heterocycles. The predicted octanol–water partition coefficient (Wildman–Crippen LogP) is 2.92. The summed E-state index contributed by atoms with van der Waals surface area (Å²) in [4.78, 5) is 0. The number of rotatable bonds is 3. The number of aromatic hydroxyl groups is 2. The maximum Gasteiger partial charge on any atom is 0.167 e. The zero-order valence-corrected chi connectivity index (χ0v) is 10.2. The summed E-state index contributed by atoms with van der Waals surface area (Å²) in [5, 5.41) is 19.6. The number of ether oxygens (including phenoxy) is 1. The molecular formula is C13H18O3. The Balaban J connectivity index is 3.18. The Labute approximate surface area is 96.0 Å². The highest BCUT2D eigenvalue weighted by Crippen LogP contribution is 2.38. The van der Waals surface area contributed by atoms with Crippen LogP contribution in [0.3, 0.4) is 0 Å². The second-order valence-electron chi connectivity index (χ2n) is 4.05. The van der Waals surface area contributed by atoms with Gasteiger partial charge < -0.3 is 14.9 Å². The molecule has 0 aromatic heterocycles. The molecule has 0 heterocycles. The first-order valence-corrected chi connectivity index (χ1v) is 5.19. The second-order valence-corrected chi connectivity index (χ2v) is 4.05. The van der Waals surface area contributed by atoms with Crippen LogP contribution in [0.2, 0.25) is 0 Å². The Morgan fingerprint density at radius 1 is 1.38 bits per heavy atom. The van der Waals surface area contributed by atoms with Crippen LogP contribution in [0, 0.1) is 6.92 Å². The molecule has 0 aliphatic rings. The van der Waals surface area contributed by atoms with Gasteiger partial charge in [0, 0.05) is 11.1 Å². The average molecular weight is 222 g/mol. The molecule has 16 heavy (non-hydrogen) atoms. The number of benzene rings is 1. The summed E-state index contributed by atoms with van der Waals surface area (Å²) in [6.45, 7) is 5.71. The molecule has 0 amide bonds. The van der Waals surface area contributed by atoms with E-state index in [4.69, 9.17) is 4.74 Å². The Hall–Kier alpha value is -1.64. The number of phenols is 2. The quantitative estimate of drug-likeness (QED) is 0.610. The molecule has 88 valence electrons. The van der Waals surface area contributed by atoms with E-state index in [1.165, 1.54) is 12.7 Å². The first-order chi connectivity index (χ1) is 7.47. The Morgan fingerprint density at radius 2 is 2.00 bits per heavy atom. The minimum absolute atomic E-state index is 0.0648. The predicted molar refractivity (Wildman–Crippen MR) is 64.2 cm³/mol. The lowest BCUT2D eigenvalue weighted by atomic mass is 10.0. The molecule has 0 saturated carbocycles. The third-order valence-electron chi connectivity index (χ3n) is 2.48. The van der Waals surface area contributed by atoms with Crippen LogP contribution in [0.25, 0.3) is 0 Å². The number of phenolic OH excluding ortho intramolecular Hbond substituents is 2. The van der Waals surface area contributed by atoms with Crippen LogP contribution in [0.4, 0.5) is 0 Å².